The Labute approximate surface area is 74.2 Å². The Bertz CT molecular complexity index is 183. The lowest BCUT2D eigenvalue weighted by Gasteiger charge is -2.22. The molecular weight excluding hydrogens is 152 g/mol. The van der Waals surface area contributed by atoms with Gasteiger partial charge in [0.15, 0.2) is 0 Å². The third kappa shape index (κ3) is 3.53. The predicted molar refractivity (Wildman–Crippen MR) is 50.7 cm³/mol. The molecule has 0 rings (SSSR count). The molecule has 70 valence electrons. The lowest BCUT2D eigenvalue weighted by molar-refractivity contribution is -0.126. The van der Waals surface area contributed by atoms with Gasteiger partial charge >= 0.3 is 0 Å². The van der Waals surface area contributed by atoms with Crippen LogP contribution < -0.4 is 5.73 Å². The largest absolute Gasteiger partial charge is 0.338 e. The second-order valence-corrected chi connectivity index (χ2v) is 3.26. The van der Waals surface area contributed by atoms with E-state index in [1.54, 1.807) is 18.0 Å². The van der Waals surface area contributed by atoms with Gasteiger partial charge in [-0.05, 0) is 20.8 Å². The quantitative estimate of drug-likeness (QED) is 0.635. The van der Waals surface area contributed by atoms with Crippen molar-refractivity contribution in [1.82, 2.24) is 4.90 Å². The van der Waals surface area contributed by atoms with Crippen molar-refractivity contribution in [3.63, 3.8) is 0 Å². The SMILES string of the molecule is CC(C)=CC(=O)N(C)C(C)CN. The summed E-state index contributed by atoms with van der Waals surface area (Å²) in [7, 11) is 1.76. The lowest BCUT2D eigenvalue weighted by Crippen LogP contribution is -2.38. The van der Waals surface area contributed by atoms with Crippen LogP contribution in [0.1, 0.15) is 20.8 Å². The van der Waals surface area contributed by atoms with E-state index in [0.29, 0.717) is 6.54 Å². The van der Waals surface area contributed by atoms with Gasteiger partial charge in [0.25, 0.3) is 0 Å². The van der Waals surface area contributed by atoms with Crippen molar-refractivity contribution < 1.29 is 4.79 Å². The molecule has 1 amide bonds. The summed E-state index contributed by atoms with van der Waals surface area (Å²) in [5.41, 5.74) is 6.44. The van der Waals surface area contributed by atoms with Gasteiger partial charge in [-0.25, -0.2) is 0 Å². The van der Waals surface area contributed by atoms with Gasteiger partial charge in [0.1, 0.15) is 0 Å². The number of nitrogens with zero attached hydrogens (tertiary/aromatic N) is 1. The van der Waals surface area contributed by atoms with Crippen molar-refractivity contribution in [2.24, 2.45) is 5.73 Å². The van der Waals surface area contributed by atoms with Crippen LogP contribution in [0.3, 0.4) is 0 Å². The Balaban J connectivity index is 4.20. The summed E-state index contributed by atoms with van der Waals surface area (Å²) in [5.74, 6) is 0.0213. The molecule has 0 aromatic heterocycles. The molecule has 0 aliphatic rings. The van der Waals surface area contributed by atoms with E-state index in [0.717, 1.165) is 5.57 Å². The molecule has 3 nitrogen and oxygen atoms in total. The Morgan fingerprint density at radius 3 is 2.42 bits per heavy atom. The van der Waals surface area contributed by atoms with Gasteiger partial charge in [0.05, 0.1) is 0 Å². The Kier molecular flexibility index (Phi) is 4.59. The van der Waals surface area contributed by atoms with Crippen molar-refractivity contribution in [2.45, 2.75) is 26.8 Å². The number of rotatable bonds is 3. The Morgan fingerprint density at radius 1 is 1.58 bits per heavy atom. The summed E-state index contributed by atoms with van der Waals surface area (Å²) >= 11 is 0. The Hall–Kier alpha value is -0.830. The van der Waals surface area contributed by atoms with E-state index in [1.165, 1.54) is 0 Å². The van der Waals surface area contributed by atoms with Crippen LogP contribution in [0.5, 0.6) is 0 Å². The molecule has 0 aliphatic heterocycles. The summed E-state index contributed by atoms with van der Waals surface area (Å²) in [6.07, 6.45) is 1.62. The predicted octanol–water partition coefficient (Wildman–Crippen LogP) is 0.758. The zero-order chi connectivity index (χ0) is 9.72. The fourth-order valence-electron chi connectivity index (χ4n) is 0.724. The maximum atomic E-state index is 11.3. The molecule has 0 spiro atoms. The van der Waals surface area contributed by atoms with Gasteiger partial charge in [-0.3, -0.25) is 4.79 Å². The molecule has 0 aliphatic carbocycles. The first-order chi connectivity index (χ1) is 5.49. The number of hydrogen-bond acceptors (Lipinski definition) is 2. The number of hydrogen-bond donors (Lipinski definition) is 1. The van der Waals surface area contributed by atoms with Crippen LogP contribution >= 0.6 is 0 Å². The highest BCUT2D eigenvalue weighted by molar-refractivity contribution is 5.88. The van der Waals surface area contributed by atoms with Gasteiger partial charge < -0.3 is 10.6 Å². The summed E-state index contributed by atoms with van der Waals surface area (Å²) in [4.78, 5) is 13.0. The van der Waals surface area contributed by atoms with E-state index < -0.39 is 0 Å². The standard InChI is InChI=1S/C9H18N2O/c1-7(2)5-9(12)11(4)8(3)6-10/h5,8H,6,10H2,1-4H3. The molecule has 0 radical (unpaired) electrons. The fourth-order valence-corrected chi connectivity index (χ4v) is 0.724. The van der Waals surface area contributed by atoms with E-state index in [9.17, 15) is 4.79 Å². The fraction of sp³-hybridized carbons (Fsp3) is 0.667. The normalized spacial score (nSPS) is 12.1. The van der Waals surface area contributed by atoms with Gasteiger partial charge in [-0.2, -0.15) is 0 Å². The van der Waals surface area contributed by atoms with Crippen LogP contribution in [-0.4, -0.2) is 30.4 Å². The van der Waals surface area contributed by atoms with Crippen LogP contribution in [0.2, 0.25) is 0 Å². The van der Waals surface area contributed by atoms with Gasteiger partial charge in [0.2, 0.25) is 5.91 Å². The minimum Gasteiger partial charge on any atom is -0.338 e. The molecule has 0 aromatic carbocycles. The topological polar surface area (TPSA) is 46.3 Å². The molecule has 1 unspecified atom stereocenters. The molecule has 3 heteroatoms. The third-order valence-corrected chi connectivity index (χ3v) is 1.76. The molecule has 0 saturated carbocycles. The van der Waals surface area contributed by atoms with Crippen molar-refractivity contribution in [3.05, 3.63) is 11.6 Å². The first kappa shape index (κ1) is 11.2. The molecule has 1 atom stereocenters. The van der Waals surface area contributed by atoms with Crippen molar-refractivity contribution in [2.75, 3.05) is 13.6 Å². The molecule has 0 bridgehead atoms. The summed E-state index contributed by atoms with van der Waals surface area (Å²) in [5, 5.41) is 0. The second kappa shape index (κ2) is 4.93. The van der Waals surface area contributed by atoms with Crippen molar-refractivity contribution >= 4 is 5.91 Å². The van der Waals surface area contributed by atoms with E-state index >= 15 is 0 Å². The number of allylic oxidation sites excluding steroid dienone is 1. The number of nitrogens with two attached hydrogens (primary N) is 1. The zero-order valence-electron chi connectivity index (χ0n) is 8.29. The molecule has 0 heterocycles. The average Bonchev–Trinajstić information content (AvgIpc) is 2.00. The van der Waals surface area contributed by atoms with Crippen molar-refractivity contribution in [3.8, 4) is 0 Å². The van der Waals surface area contributed by atoms with E-state index in [4.69, 9.17) is 5.73 Å². The van der Waals surface area contributed by atoms with E-state index in [2.05, 4.69) is 0 Å². The summed E-state index contributed by atoms with van der Waals surface area (Å²) < 4.78 is 0. The molecule has 12 heavy (non-hydrogen) atoms. The minimum atomic E-state index is 0.0213. The molecule has 0 saturated heterocycles. The van der Waals surface area contributed by atoms with Gasteiger partial charge in [-0.1, -0.05) is 5.57 Å². The number of likely N-dealkylation sites (N-methyl/N-ethyl adjacent to an activating group) is 1. The number of carbonyl (C=O) groups is 1. The maximum Gasteiger partial charge on any atom is 0.246 e. The molecule has 2 N–H and O–H groups in total. The summed E-state index contributed by atoms with van der Waals surface area (Å²) in [6.45, 7) is 6.23. The van der Waals surface area contributed by atoms with Gasteiger partial charge in [-0.15, -0.1) is 0 Å². The first-order valence-electron chi connectivity index (χ1n) is 4.10. The highest BCUT2D eigenvalue weighted by Gasteiger charge is 2.10. The molecule has 0 fully saturated rings. The lowest BCUT2D eigenvalue weighted by atomic mass is 10.2. The zero-order valence-corrected chi connectivity index (χ0v) is 8.29. The second-order valence-electron chi connectivity index (χ2n) is 3.26. The number of amides is 1. The minimum absolute atomic E-state index is 0.0213. The monoisotopic (exact) mass is 170 g/mol. The average molecular weight is 170 g/mol. The molecular formula is C9H18N2O. The first-order valence-corrected chi connectivity index (χ1v) is 4.10. The smallest absolute Gasteiger partial charge is 0.246 e. The highest BCUT2D eigenvalue weighted by Crippen LogP contribution is 1.97. The van der Waals surface area contributed by atoms with E-state index in [1.807, 2.05) is 20.8 Å². The highest BCUT2D eigenvalue weighted by atomic mass is 16.2. The molecule has 0 aromatic rings. The van der Waals surface area contributed by atoms with Crippen LogP contribution in [-0.2, 0) is 4.79 Å². The van der Waals surface area contributed by atoms with Crippen LogP contribution in [0, 0.1) is 0 Å². The van der Waals surface area contributed by atoms with E-state index in [-0.39, 0.29) is 11.9 Å². The van der Waals surface area contributed by atoms with Crippen LogP contribution in [0.25, 0.3) is 0 Å². The third-order valence-electron chi connectivity index (χ3n) is 1.76. The van der Waals surface area contributed by atoms with Gasteiger partial charge in [0, 0.05) is 25.7 Å². The van der Waals surface area contributed by atoms with Crippen molar-refractivity contribution in [1.29, 1.82) is 0 Å². The number of carbonyl (C=O) groups excluding carboxylic acids is 1. The van der Waals surface area contributed by atoms with Crippen LogP contribution in [0.4, 0.5) is 0 Å². The maximum absolute atomic E-state index is 11.3. The van der Waals surface area contributed by atoms with Crippen LogP contribution in [0.15, 0.2) is 11.6 Å². The Morgan fingerprint density at radius 2 is 2.08 bits per heavy atom. The summed E-state index contributed by atoms with van der Waals surface area (Å²) in [6, 6.07) is 0.105.